The molecule has 2 aromatic carbocycles. The number of urea groups is 1. The number of anilines is 1. The summed E-state index contributed by atoms with van der Waals surface area (Å²) in [5.41, 5.74) is 2.57. The van der Waals surface area contributed by atoms with Gasteiger partial charge in [-0.2, -0.15) is 5.26 Å². The van der Waals surface area contributed by atoms with Gasteiger partial charge in [0.1, 0.15) is 12.1 Å². The molecule has 2 aromatic rings. The van der Waals surface area contributed by atoms with Gasteiger partial charge >= 0.3 is 6.03 Å². The molecule has 7 nitrogen and oxygen atoms in total. The van der Waals surface area contributed by atoms with Gasteiger partial charge < -0.3 is 10.6 Å². The van der Waals surface area contributed by atoms with Crippen molar-refractivity contribution in [1.82, 2.24) is 10.2 Å². The molecule has 4 amide bonds. The highest BCUT2D eigenvalue weighted by Gasteiger charge is 2.49. The summed E-state index contributed by atoms with van der Waals surface area (Å²) in [7, 11) is 0. The van der Waals surface area contributed by atoms with E-state index >= 15 is 0 Å². The average molecular weight is 435 g/mol. The summed E-state index contributed by atoms with van der Waals surface area (Å²) < 4.78 is 0. The number of para-hydroxylation sites is 1. The zero-order valence-electron chi connectivity index (χ0n) is 17.1. The summed E-state index contributed by atoms with van der Waals surface area (Å²) >= 11 is 1.30. The molecule has 1 fully saturated rings. The van der Waals surface area contributed by atoms with Crippen LogP contribution >= 0.6 is 11.8 Å². The number of nitrogens with zero attached hydrogens (tertiary/aromatic N) is 2. The van der Waals surface area contributed by atoms with E-state index in [1.54, 1.807) is 25.1 Å². The lowest BCUT2D eigenvalue weighted by Gasteiger charge is -2.23. The molecule has 1 unspecified atom stereocenters. The monoisotopic (exact) mass is 434 g/mol. The molecule has 1 atom stereocenters. The molecule has 2 aliphatic rings. The number of nitriles is 1. The minimum atomic E-state index is -1.20. The van der Waals surface area contributed by atoms with Crippen LogP contribution in [0.2, 0.25) is 0 Å². The predicted octanol–water partition coefficient (Wildman–Crippen LogP) is 3.20. The van der Waals surface area contributed by atoms with Crippen molar-refractivity contribution in [2.75, 3.05) is 17.6 Å². The van der Waals surface area contributed by atoms with Crippen LogP contribution in [-0.2, 0) is 28.0 Å². The van der Waals surface area contributed by atoms with Crippen LogP contribution in [-0.4, -0.2) is 35.0 Å². The van der Waals surface area contributed by atoms with Gasteiger partial charge in [-0.25, -0.2) is 4.79 Å². The first-order valence-corrected chi connectivity index (χ1v) is 11.1. The third-order valence-corrected chi connectivity index (χ3v) is 6.65. The molecule has 0 radical (unpaired) electrons. The predicted molar refractivity (Wildman–Crippen MR) is 117 cm³/mol. The average Bonchev–Trinajstić information content (AvgIpc) is 3.31. The number of fused-ring (bicyclic) bond motifs is 1. The highest BCUT2D eigenvalue weighted by atomic mass is 32.2. The number of nitrogens with one attached hydrogen (secondary N) is 2. The Hall–Kier alpha value is -3.31. The Kier molecular flexibility index (Phi) is 5.70. The molecule has 1 heterocycles. The van der Waals surface area contributed by atoms with Gasteiger partial charge in [0.15, 0.2) is 0 Å². The van der Waals surface area contributed by atoms with Gasteiger partial charge in [0, 0.05) is 4.90 Å². The Balaban J connectivity index is 1.49. The molecule has 8 heteroatoms. The maximum Gasteiger partial charge on any atom is 0.325 e. The van der Waals surface area contributed by atoms with Gasteiger partial charge in [0.05, 0.1) is 17.5 Å². The van der Waals surface area contributed by atoms with Crippen LogP contribution in [0.1, 0.15) is 30.0 Å². The highest BCUT2D eigenvalue weighted by molar-refractivity contribution is 7.99. The van der Waals surface area contributed by atoms with Crippen molar-refractivity contribution in [2.24, 2.45) is 0 Å². The van der Waals surface area contributed by atoms with Gasteiger partial charge in [0.2, 0.25) is 5.91 Å². The molecule has 1 aliphatic carbocycles. The van der Waals surface area contributed by atoms with E-state index in [9.17, 15) is 14.4 Å². The topological polar surface area (TPSA) is 102 Å². The fourth-order valence-corrected chi connectivity index (χ4v) is 4.73. The number of imide groups is 1. The minimum Gasteiger partial charge on any atom is -0.324 e. The maximum atomic E-state index is 13.2. The van der Waals surface area contributed by atoms with Gasteiger partial charge in [-0.1, -0.05) is 30.3 Å². The molecule has 0 bridgehead atoms. The van der Waals surface area contributed by atoms with E-state index in [0.717, 1.165) is 34.6 Å². The van der Waals surface area contributed by atoms with Gasteiger partial charge in [0.25, 0.3) is 5.91 Å². The molecule has 0 aromatic heterocycles. The molecule has 1 aliphatic heterocycles. The van der Waals surface area contributed by atoms with Crippen LogP contribution in [0.25, 0.3) is 0 Å². The van der Waals surface area contributed by atoms with Crippen LogP contribution in [0, 0.1) is 11.3 Å². The summed E-state index contributed by atoms with van der Waals surface area (Å²) in [6.45, 7) is 1.29. The molecule has 0 spiro atoms. The van der Waals surface area contributed by atoms with Crippen LogP contribution in [0.3, 0.4) is 0 Å². The maximum absolute atomic E-state index is 13.2. The Labute approximate surface area is 184 Å². The Morgan fingerprint density at radius 1 is 1.23 bits per heavy atom. The molecular weight excluding hydrogens is 412 g/mol. The van der Waals surface area contributed by atoms with E-state index in [1.165, 1.54) is 22.9 Å². The normalized spacial score (nSPS) is 19.7. The second-order valence-corrected chi connectivity index (χ2v) is 8.79. The first kappa shape index (κ1) is 20.9. The number of carbonyl (C=O) groups is 3. The highest BCUT2D eigenvalue weighted by Crippen LogP contribution is 2.33. The Bertz CT molecular complexity index is 1110. The number of benzene rings is 2. The van der Waals surface area contributed by atoms with Crippen LogP contribution in [0.5, 0.6) is 0 Å². The molecule has 4 rings (SSSR count). The van der Waals surface area contributed by atoms with Gasteiger partial charge in [-0.3, -0.25) is 14.5 Å². The largest absolute Gasteiger partial charge is 0.325 e. The third-order valence-electron chi connectivity index (χ3n) is 5.71. The van der Waals surface area contributed by atoms with E-state index in [-0.39, 0.29) is 12.3 Å². The summed E-state index contributed by atoms with van der Waals surface area (Å²) in [6.07, 6.45) is 3.10. The van der Waals surface area contributed by atoms with Crippen molar-refractivity contribution in [3.63, 3.8) is 0 Å². The Morgan fingerprint density at radius 2 is 2.00 bits per heavy atom. The van der Waals surface area contributed by atoms with Gasteiger partial charge in [-0.15, -0.1) is 11.8 Å². The minimum absolute atomic E-state index is 0.249. The summed E-state index contributed by atoms with van der Waals surface area (Å²) in [4.78, 5) is 40.1. The van der Waals surface area contributed by atoms with Crippen molar-refractivity contribution in [3.05, 3.63) is 59.2 Å². The summed E-state index contributed by atoms with van der Waals surface area (Å²) in [5, 5.41) is 14.3. The molecule has 0 saturated carbocycles. The van der Waals surface area contributed by atoms with Crippen molar-refractivity contribution in [3.8, 4) is 6.07 Å². The van der Waals surface area contributed by atoms with E-state index in [0.29, 0.717) is 5.69 Å². The van der Waals surface area contributed by atoms with Crippen LogP contribution in [0.4, 0.5) is 10.5 Å². The molecular formula is C23H22N4O3S. The smallest absolute Gasteiger partial charge is 0.324 e. The van der Waals surface area contributed by atoms with Crippen molar-refractivity contribution in [1.29, 1.82) is 5.26 Å². The summed E-state index contributed by atoms with van der Waals surface area (Å²) in [5.74, 6) is -0.677. The fraction of sp³-hybridized carbons (Fsp3) is 0.304. The van der Waals surface area contributed by atoms with Crippen molar-refractivity contribution in [2.45, 2.75) is 36.6 Å². The number of carbonyl (C=O) groups excluding carboxylic acids is 3. The first-order valence-electron chi connectivity index (χ1n) is 10.1. The number of thioether (sulfide) groups is 1. The number of hydrogen-bond acceptors (Lipinski definition) is 5. The lowest BCUT2D eigenvalue weighted by molar-refractivity contribution is -0.133. The van der Waals surface area contributed by atoms with E-state index in [1.807, 2.05) is 24.3 Å². The number of rotatable bonds is 6. The number of amides is 4. The first-order chi connectivity index (χ1) is 14.9. The van der Waals surface area contributed by atoms with E-state index in [2.05, 4.69) is 16.7 Å². The zero-order valence-corrected chi connectivity index (χ0v) is 17.9. The summed E-state index contributed by atoms with van der Waals surface area (Å²) in [6, 6.07) is 14.5. The second kappa shape index (κ2) is 8.44. The SMILES string of the molecule is CC1(c2ccc3c(c2)CCC3)NC(=O)N(CC(=O)Nc2ccccc2SCC#N)C1=O. The quantitative estimate of drug-likeness (QED) is 0.537. The molecule has 1 saturated heterocycles. The lowest BCUT2D eigenvalue weighted by Crippen LogP contribution is -2.42. The zero-order chi connectivity index (χ0) is 22.0. The van der Waals surface area contributed by atoms with Crippen molar-refractivity contribution >= 4 is 35.3 Å². The lowest BCUT2D eigenvalue weighted by atomic mass is 9.89. The standard InChI is InChI=1S/C23H22N4O3S/c1-23(17-10-9-15-5-4-6-16(15)13-17)21(29)27(22(30)26-23)14-20(28)25-18-7-2-3-8-19(18)31-12-11-24/h2-3,7-10,13H,4-6,12,14H2,1H3,(H,25,28)(H,26,30). The Morgan fingerprint density at radius 3 is 2.81 bits per heavy atom. The van der Waals surface area contributed by atoms with Crippen LogP contribution in [0.15, 0.2) is 47.4 Å². The van der Waals surface area contributed by atoms with Gasteiger partial charge in [-0.05, 0) is 55.0 Å². The van der Waals surface area contributed by atoms with E-state index in [4.69, 9.17) is 5.26 Å². The molecule has 2 N–H and O–H groups in total. The fourth-order valence-electron chi connectivity index (χ4n) is 4.06. The molecule has 158 valence electrons. The number of aryl methyl sites for hydroxylation is 2. The number of hydrogen-bond donors (Lipinski definition) is 2. The van der Waals surface area contributed by atoms with Crippen molar-refractivity contribution < 1.29 is 14.4 Å². The molecule has 31 heavy (non-hydrogen) atoms. The third kappa shape index (κ3) is 4.01. The van der Waals surface area contributed by atoms with Crippen LogP contribution < -0.4 is 10.6 Å². The van der Waals surface area contributed by atoms with E-state index < -0.39 is 23.4 Å². The second-order valence-electron chi connectivity index (χ2n) is 7.77.